The third-order valence-corrected chi connectivity index (χ3v) is 6.84. The van der Waals surface area contributed by atoms with Crippen LogP contribution in [0, 0.1) is 0 Å². The van der Waals surface area contributed by atoms with Crippen molar-refractivity contribution in [1.29, 1.82) is 0 Å². The Kier molecular flexibility index (Phi) is 7.49. The van der Waals surface area contributed by atoms with Crippen molar-refractivity contribution in [3.8, 4) is 11.5 Å². The van der Waals surface area contributed by atoms with Crippen molar-refractivity contribution in [3.05, 3.63) is 103 Å². The average molecular weight is 525 g/mol. The fraction of sp³-hybridized carbons (Fsp3) is 0.0690. The normalized spacial score (nSPS) is 11.6. The van der Waals surface area contributed by atoms with Crippen LogP contribution in [0.2, 0.25) is 0 Å². The largest absolute Gasteiger partial charge is 0.436 e. The van der Waals surface area contributed by atoms with Crippen molar-refractivity contribution in [2.75, 3.05) is 16.0 Å². The minimum absolute atomic E-state index is 0.0740. The number of benzene rings is 4. The number of hydrogen-bond donors (Lipinski definition) is 3. The lowest BCUT2D eigenvalue weighted by Crippen LogP contribution is -2.22. The van der Waals surface area contributed by atoms with Gasteiger partial charge < -0.3 is 20.4 Å². The van der Waals surface area contributed by atoms with E-state index in [1.54, 1.807) is 0 Å². The Morgan fingerprint density at radius 1 is 0.784 bits per heavy atom. The lowest BCUT2D eigenvalue weighted by molar-refractivity contribution is -0.115. The molecule has 8 heteroatoms. The Hall–Kier alpha value is -4.14. The molecule has 0 spiro atoms. The summed E-state index contributed by atoms with van der Waals surface area (Å²) in [7, 11) is 0. The quantitative estimate of drug-likeness (QED) is 0.151. The maximum atomic E-state index is 12.8. The molecule has 37 heavy (non-hydrogen) atoms. The summed E-state index contributed by atoms with van der Waals surface area (Å²) < 4.78 is 5.82. The van der Waals surface area contributed by atoms with Crippen LogP contribution < -0.4 is 16.0 Å². The zero-order chi connectivity index (χ0) is 25.6. The molecule has 0 aliphatic rings. The third-order valence-electron chi connectivity index (χ3n) is 5.52. The first-order chi connectivity index (χ1) is 18.0. The number of aromatic nitrogens is 1. The van der Waals surface area contributed by atoms with Crippen LogP contribution in [-0.2, 0) is 4.79 Å². The van der Waals surface area contributed by atoms with Crippen LogP contribution in [0.4, 0.5) is 17.1 Å². The summed E-state index contributed by atoms with van der Waals surface area (Å²) in [5.41, 5.74) is 4.93. The van der Waals surface area contributed by atoms with Crippen LogP contribution in [-0.4, -0.2) is 21.3 Å². The second kappa shape index (κ2) is 11.3. The first kappa shape index (κ1) is 24.5. The number of para-hydroxylation sites is 3. The van der Waals surface area contributed by atoms with Gasteiger partial charge in [-0.2, -0.15) is 0 Å². The third kappa shape index (κ3) is 6.35. The smallest absolute Gasteiger partial charge is 0.237 e. The summed E-state index contributed by atoms with van der Waals surface area (Å²) in [4.78, 5) is 18.3. The Bertz CT molecular complexity index is 1480. The highest BCUT2D eigenvalue weighted by atomic mass is 32.2. The Morgan fingerprint density at radius 3 is 2.08 bits per heavy atom. The van der Waals surface area contributed by atoms with E-state index in [1.807, 2.05) is 110 Å². The van der Waals surface area contributed by atoms with Crippen LogP contribution in [0.25, 0.3) is 22.6 Å². The molecule has 6 nitrogen and oxygen atoms in total. The molecule has 5 aromatic rings. The molecule has 0 saturated carbocycles. The number of hydrogen-bond acceptors (Lipinski definition) is 5. The lowest BCUT2D eigenvalue weighted by Gasteiger charge is -2.13. The monoisotopic (exact) mass is 524 g/mol. The molecular weight excluding hydrogens is 500 g/mol. The molecule has 0 radical (unpaired) electrons. The molecule has 1 unspecified atom stereocenters. The maximum Gasteiger partial charge on any atom is 0.237 e. The predicted octanol–water partition coefficient (Wildman–Crippen LogP) is 7.42. The first-order valence-corrected chi connectivity index (χ1v) is 13.0. The Balaban J connectivity index is 1.13. The van der Waals surface area contributed by atoms with Gasteiger partial charge in [0.05, 0.1) is 5.25 Å². The SMILES string of the molecule is CC(Sc1ccc(NC(=S)Nc2ccccc2)cc1)C(=O)Nc1ccc(-c2nc3ccccc3o2)cc1. The highest BCUT2D eigenvalue weighted by Gasteiger charge is 2.15. The number of rotatable bonds is 7. The number of amides is 1. The van der Waals surface area contributed by atoms with Crippen molar-refractivity contribution in [2.24, 2.45) is 0 Å². The minimum atomic E-state index is -0.281. The van der Waals surface area contributed by atoms with E-state index in [2.05, 4.69) is 20.9 Å². The number of nitrogens with one attached hydrogen (secondary N) is 3. The zero-order valence-electron chi connectivity index (χ0n) is 20.0. The fourth-order valence-electron chi connectivity index (χ4n) is 3.63. The molecule has 184 valence electrons. The predicted molar refractivity (Wildman–Crippen MR) is 156 cm³/mol. The molecule has 0 aliphatic heterocycles. The zero-order valence-corrected chi connectivity index (χ0v) is 21.6. The van der Waals surface area contributed by atoms with Crippen LogP contribution in [0.5, 0.6) is 0 Å². The molecule has 4 aromatic carbocycles. The van der Waals surface area contributed by atoms with E-state index in [-0.39, 0.29) is 11.2 Å². The number of fused-ring (bicyclic) bond motifs is 1. The Morgan fingerprint density at radius 2 is 1.38 bits per heavy atom. The average Bonchev–Trinajstić information content (AvgIpc) is 3.35. The second-order valence-electron chi connectivity index (χ2n) is 8.28. The Labute approximate surface area is 224 Å². The minimum Gasteiger partial charge on any atom is -0.436 e. The van der Waals surface area contributed by atoms with Crippen LogP contribution in [0.3, 0.4) is 0 Å². The molecule has 5 rings (SSSR count). The summed E-state index contributed by atoms with van der Waals surface area (Å²) in [5, 5.41) is 9.53. The number of oxazole rings is 1. The van der Waals surface area contributed by atoms with E-state index in [4.69, 9.17) is 16.6 Å². The maximum absolute atomic E-state index is 12.8. The number of carbonyl (C=O) groups is 1. The van der Waals surface area contributed by atoms with E-state index >= 15 is 0 Å². The van der Waals surface area contributed by atoms with Crippen molar-refractivity contribution < 1.29 is 9.21 Å². The summed E-state index contributed by atoms with van der Waals surface area (Å²) in [6.45, 7) is 1.89. The van der Waals surface area contributed by atoms with Gasteiger partial charge in [0.1, 0.15) is 5.52 Å². The van der Waals surface area contributed by atoms with Gasteiger partial charge in [0.25, 0.3) is 0 Å². The van der Waals surface area contributed by atoms with Crippen LogP contribution >= 0.6 is 24.0 Å². The molecule has 0 bridgehead atoms. The highest BCUT2D eigenvalue weighted by Crippen LogP contribution is 2.27. The van der Waals surface area contributed by atoms with Gasteiger partial charge in [0, 0.05) is 27.5 Å². The molecule has 1 amide bonds. The number of thioether (sulfide) groups is 1. The van der Waals surface area contributed by atoms with Gasteiger partial charge >= 0.3 is 0 Å². The molecule has 0 saturated heterocycles. The number of nitrogens with zero attached hydrogens (tertiary/aromatic N) is 1. The molecule has 1 atom stereocenters. The van der Waals surface area contributed by atoms with Gasteiger partial charge in [-0.15, -0.1) is 11.8 Å². The van der Waals surface area contributed by atoms with E-state index in [9.17, 15) is 4.79 Å². The van der Waals surface area contributed by atoms with Gasteiger partial charge in [-0.1, -0.05) is 30.3 Å². The first-order valence-electron chi connectivity index (χ1n) is 11.7. The standard InChI is InChI=1S/C29H24N4O2S2/c1-19(37-24-17-15-23(16-18-24)32-29(36)31-21-7-3-2-4-8-21)27(34)30-22-13-11-20(12-14-22)28-33-25-9-5-6-10-26(25)35-28/h2-19H,1H3,(H,30,34)(H2,31,32,36). The molecule has 1 aromatic heterocycles. The second-order valence-corrected chi connectivity index (χ2v) is 10.1. The fourth-order valence-corrected chi connectivity index (χ4v) is 4.73. The van der Waals surface area contributed by atoms with Gasteiger partial charge in [0.15, 0.2) is 10.7 Å². The van der Waals surface area contributed by atoms with Crippen molar-refractivity contribution in [1.82, 2.24) is 4.98 Å². The van der Waals surface area contributed by atoms with Crippen LogP contribution in [0.1, 0.15) is 6.92 Å². The molecular formula is C29H24N4O2S2. The van der Waals surface area contributed by atoms with Gasteiger partial charge in [-0.3, -0.25) is 4.79 Å². The molecule has 0 fully saturated rings. The molecule has 3 N–H and O–H groups in total. The van der Waals surface area contributed by atoms with Crippen molar-refractivity contribution in [3.63, 3.8) is 0 Å². The number of thiocarbonyl (C=S) groups is 1. The van der Waals surface area contributed by atoms with E-state index in [0.29, 0.717) is 11.0 Å². The molecule has 1 heterocycles. The van der Waals surface area contributed by atoms with Crippen molar-refractivity contribution >= 4 is 63.2 Å². The molecule has 0 aliphatic carbocycles. The summed E-state index contributed by atoms with van der Waals surface area (Å²) in [6.07, 6.45) is 0. The van der Waals surface area contributed by atoms with Crippen molar-refractivity contribution in [2.45, 2.75) is 17.1 Å². The van der Waals surface area contributed by atoms with Gasteiger partial charge in [-0.05, 0) is 91.9 Å². The van der Waals surface area contributed by atoms with Crippen LogP contribution in [0.15, 0.2) is 112 Å². The lowest BCUT2D eigenvalue weighted by atomic mass is 10.2. The topological polar surface area (TPSA) is 79.2 Å². The van der Waals surface area contributed by atoms with Gasteiger partial charge in [0.2, 0.25) is 11.8 Å². The van der Waals surface area contributed by atoms with E-state index in [0.717, 1.165) is 38.6 Å². The van der Waals surface area contributed by atoms with E-state index in [1.165, 1.54) is 11.8 Å². The number of anilines is 3. The highest BCUT2D eigenvalue weighted by molar-refractivity contribution is 8.00. The summed E-state index contributed by atoms with van der Waals surface area (Å²) in [5.74, 6) is 0.479. The number of carbonyl (C=O) groups excluding carboxylic acids is 1. The van der Waals surface area contributed by atoms with E-state index < -0.39 is 0 Å². The summed E-state index contributed by atoms with van der Waals surface area (Å²) in [6, 6.07) is 32.7. The van der Waals surface area contributed by atoms with Gasteiger partial charge in [-0.25, -0.2) is 4.98 Å². The summed E-state index contributed by atoms with van der Waals surface area (Å²) >= 11 is 6.87.